The van der Waals surface area contributed by atoms with E-state index in [2.05, 4.69) is 4.98 Å². The lowest BCUT2D eigenvalue weighted by atomic mass is 10.1. The van der Waals surface area contributed by atoms with Crippen molar-refractivity contribution >= 4 is 29.0 Å². The Morgan fingerprint density at radius 3 is 2.86 bits per heavy atom. The van der Waals surface area contributed by atoms with Gasteiger partial charge in [-0.05, 0) is 45.4 Å². The molecule has 0 bridgehead atoms. The van der Waals surface area contributed by atoms with Gasteiger partial charge in [0.1, 0.15) is 18.0 Å². The van der Waals surface area contributed by atoms with Crippen molar-refractivity contribution in [2.75, 3.05) is 19.7 Å². The van der Waals surface area contributed by atoms with Crippen molar-refractivity contribution in [2.24, 2.45) is 0 Å². The van der Waals surface area contributed by atoms with Crippen LogP contribution in [0.2, 0.25) is 5.02 Å². The molecule has 8 heteroatoms. The molecule has 1 aliphatic heterocycles. The summed E-state index contributed by atoms with van der Waals surface area (Å²) in [6.45, 7) is 9.47. The highest BCUT2D eigenvalue weighted by Crippen LogP contribution is 2.27. The number of halogens is 1. The average Bonchev–Trinajstić information content (AvgIpc) is 3.05. The standard InChI is InChI=1S/C21H27ClN2O4S/c1-14-23-16(13-29-14)12-27-19-6-5-15(10-18(19)22)9-17-11-24(7-8-26-17)20(25)28-21(2,3)4/h5-6,10,13,17H,7-9,11-12H2,1-4H3/t17-/m1/s1. The summed E-state index contributed by atoms with van der Waals surface area (Å²) in [5.41, 5.74) is 1.42. The number of amides is 1. The van der Waals surface area contributed by atoms with Crippen LogP contribution in [0.15, 0.2) is 23.6 Å². The van der Waals surface area contributed by atoms with Crippen LogP contribution in [0.3, 0.4) is 0 Å². The molecular weight excluding hydrogens is 412 g/mol. The number of aryl methyl sites for hydroxylation is 1. The third-order valence-electron chi connectivity index (χ3n) is 4.29. The highest BCUT2D eigenvalue weighted by molar-refractivity contribution is 7.09. The first-order valence-electron chi connectivity index (χ1n) is 9.61. The number of benzene rings is 1. The predicted octanol–water partition coefficient (Wildman–Crippen LogP) is 4.86. The number of morpholine rings is 1. The molecule has 1 aromatic heterocycles. The molecular formula is C21H27ClN2O4S. The first-order valence-corrected chi connectivity index (χ1v) is 10.9. The van der Waals surface area contributed by atoms with Crippen LogP contribution in [-0.4, -0.2) is 47.4 Å². The summed E-state index contributed by atoms with van der Waals surface area (Å²) in [4.78, 5) is 18.4. The van der Waals surface area contributed by atoms with Crippen LogP contribution in [0.1, 0.15) is 37.0 Å². The van der Waals surface area contributed by atoms with Crippen LogP contribution in [0.25, 0.3) is 0 Å². The zero-order chi connectivity index (χ0) is 21.0. The molecule has 0 spiro atoms. The van der Waals surface area contributed by atoms with E-state index in [1.54, 1.807) is 16.2 Å². The lowest BCUT2D eigenvalue weighted by Crippen LogP contribution is -2.48. The minimum absolute atomic E-state index is 0.0999. The first kappa shape index (κ1) is 21.9. The summed E-state index contributed by atoms with van der Waals surface area (Å²) in [5.74, 6) is 0.626. The molecule has 1 saturated heterocycles. The fourth-order valence-corrected chi connectivity index (χ4v) is 3.87. The van der Waals surface area contributed by atoms with Crippen LogP contribution in [0.4, 0.5) is 4.79 Å². The van der Waals surface area contributed by atoms with E-state index in [0.29, 0.717) is 43.5 Å². The van der Waals surface area contributed by atoms with Gasteiger partial charge in [-0.3, -0.25) is 0 Å². The van der Waals surface area contributed by atoms with Gasteiger partial charge in [-0.1, -0.05) is 17.7 Å². The van der Waals surface area contributed by atoms with Crippen LogP contribution < -0.4 is 4.74 Å². The average molecular weight is 439 g/mol. The summed E-state index contributed by atoms with van der Waals surface area (Å²) >= 11 is 8.00. The van der Waals surface area contributed by atoms with Gasteiger partial charge in [0.15, 0.2) is 0 Å². The number of ether oxygens (including phenoxy) is 3. The van der Waals surface area contributed by atoms with Crippen LogP contribution in [-0.2, 0) is 22.5 Å². The highest BCUT2D eigenvalue weighted by Gasteiger charge is 2.28. The Hall–Kier alpha value is -1.83. The Bertz CT molecular complexity index is 849. The quantitative estimate of drug-likeness (QED) is 0.666. The van der Waals surface area contributed by atoms with Gasteiger partial charge in [-0.25, -0.2) is 9.78 Å². The Labute approximate surface area is 180 Å². The number of aromatic nitrogens is 1. The molecule has 0 radical (unpaired) electrons. The molecule has 2 aromatic rings. The fraction of sp³-hybridized carbons (Fsp3) is 0.524. The van der Waals surface area contributed by atoms with Gasteiger partial charge in [0.2, 0.25) is 0 Å². The number of hydrogen-bond acceptors (Lipinski definition) is 6. The van der Waals surface area contributed by atoms with Gasteiger partial charge in [0, 0.05) is 18.3 Å². The largest absolute Gasteiger partial charge is 0.486 e. The molecule has 0 aliphatic carbocycles. The number of carbonyl (C=O) groups is 1. The summed E-state index contributed by atoms with van der Waals surface area (Å²) in [5, 5.41) is 3.54. The van der Waals surface area contributed by atoms with Crippen molar-refractivity contribution < 1.29 is 19.0 Å². The van der Waals surface area contributed by atoms with E-state index in [1.807, 2.05) is 51.3 Å². The van der Waals surface area contributed by atoms with E-state index in [9.17, 15) is 4.79 Å². The van der Waals surface area contributed by atoms with Crippen LogP contribution >= 0.6 is 22.9 Å². The van der Waals surface area contributed by atoms with E-state index in [-0.39, 0.29) is 12.2 Å². The number of rotatable bonds is 5. The van der Waals surface area contributed by atoms with Crippen LogP contribution in [0, 0.1) is 6.92 Å². The van der Waals surface area contributed by atoms with Crippen molar-refractivity contribution in [3.8, 4) is 5.75 Å². The van der Waals surface area contributed by atoms with Gasteiger partial charge >= 0.3 is 6.09 Å². The summed E-state index contributed by atoms with van der Waals surface area (Å²) in [6.07, 6.45) is 0.256. The van der Waals surface area contributed by atoms with Gasteiger partial charge in [0.25, 0.3) is 0 Å². The van der Waals surface area contributed by atoms with Crippen LogP contribution in [0.5, 0.6) is 5.75 Å². The first-order chi connectivity index (χ1) is 13.7. The van der Waals surface area contributed by atoms with Crippen molar-refractivity contribution in [2.45, 2.75) is 52.4 Å². The maximum Gasteiger partial charge on any atom is 0.410 e. The second-order valence-electron chi connectivity index (χ2n) is 8.03. The van der Waals surface area contributed by atoms with Gasteiger partial charge in [0.05, 0.1) is 35.0 Å². The van der Waals surface area contributed by atoms with Gasteiger partial charge < -0.3 is 19.1 Å². The molecule has 6 nitrogen and oxygen atoms in total. The summed E-state index contributed by atoms with van der Waals surface area (Å²) in [6, 6.07) is 5.73. The van der Waals surface area contributed by atoms with E-state index in [4.69, 9.17) is 25.8 Å². The van der Waals surface area contributed by atoms with Crippen molar-refractivity contribution in [1.29, 1.82) is 0 Å². The van der Waals surface area contributed by atoms with Gasteiger partial charge in [-0.2, -0.15) is 0 Å². The molecule has 1 aromatic carbocycles. The lowest BCUT2D eigenvalue weighted by Gasteiger charge is -2.34. The van der Waals surface area contributed by atoms with Crippen molar-refractivity contribution in [3.63, 3.8) is 0 Å². The van der Waals surface area contributed by atoms with Crippen molar-refractivity contribution in [1.82, 2.24) is 9.88 Å². The summed E-state index contributed by atoms with van der Waals surface area (Å²) < 4.78 is 17.1. The van der Waals surface area contributed by atoms with E-state index < -0.39 is 5.60 Å². The Morgan fingerprint density at radius 2 is 2.21 bits per heavy atom. The second-order valence-corrected chi connectivity index (χ2v) is 9.50. The molecule has 1 amide bonds. The third-order valence-corrected chi connectivity index (χ3v) is 5.41. The highest BCUT2D eigenvalue weighted by atomic mass is 35.5. The third kappa shape index (κ3) is 6.59. The molecule has 0 unspecified atom stereocenters. The van der Waals surface area contributed by atoms with Gasteiger partial charge in [-0.15, -0.1) is 11.3 Å². The molecule has 29 heavy (non-hydrogen) atoms. The Balaban J connectivity index is 1.55. The molecule has 158 valence electrons. The molecule has 3 rings (SSSR count). The van der Waals surface area contributed by atoms with E-state index >= 15 is 0 Å². The smallest absolute Gasteiger partial charge is 0.410 e. The summed E-state index contributed by atoms with van der Waals surface area (Å²) in [7, 11) is 0. The zero-order valence-electron chi connectivity index (χ0n) is 17.2. The number of nitrogens with zero attached hydrogens (tertiary/aromatic N) is 2. The Morgan fingerprint density at radius 1 is 1.41 bits per heavy atom. The lowest BCUT2D eigenvalue weighted by molar-refractivity contribution is -0.0415. The molecule has 0 N–H and O–H groups in total. The maximum absolute atomic E-state index is 12.3. The molecule has 0 saturated carbocycles. The SMILES string of the molecule is Cc1nc(COc2ccc(C[C@@H]3CN(C(=O)OC(C)(C)C)CCO3)cc2Cl)cs1. The topological polar surface area (TPSA) is 60.9 Å². The second kappa shape index (κ2) is 9.32. The Kier molecular flexibility index (Phi) is 7.03. The van der Waals surface area contributed by atoms with Crippen molar-refractivity contribution in [3.05, 3.63) is 44.9 Å². The number of thiazole rings is 1. The zero-order valence-corrected chi connectivity index (χ0v) is 18.8. The normalized spacial score (nSPS) is 17.3. The molecule has 2 heterocycles. The molecule has 1 aliphatic rings. The molecule has 1 fully saturated rings. The monoisotopic (exact) mass is 438 g/mol. The van der Waals surface area contributed by atoms with E-state index in [1.165, 1.54) is 0 Å². The minimum Gasteiger partial charge on any atom is -0.486 e. The number of hydrogen-bond donors (Lipinski definition) is 0. The minimum atomic E-state index is -0.508. The predicted molar refractivity (Wildman–Crippen MR) is 114 cm³/mol. The number of carbonyl (C=O) groups excluding carboxylic acids is 1. The maximum atomic E-state index is 12.3. The van der Waals surface area contributed by atoms with E-state index in [0.717, 1.165) is 16.3 Å². The fourth-order valence-electron chi connectivity index (χ4n) is 3.01. The molecule has 1 atom stereocenters.